The molecule has 4 aromatic rings. The summed E-state index contributed by atoms with van der Waals surface area (Å²) >= 11 is 1.32. The number of amides is 1. The Balaban J connectivity index is 1.11. The number of fused-ring (bicyclic) bond motifs is 1. The van der Waals surface area contributed by atoms with E-state index in [1.54, 1.807) is 30.5 Å². The second-order valence-corrected chi connectivity index (χ2v) is 13.8. The standard InChI is InChI=1S/C35H38F2N4O2S/c1-34(2,3)26-13-11-24(12-14-26)23-41-20-17-35(43-31-28(37)9-6-10-29(31)41)15-18-40(19-16-35)33-39-22-30(44-33)32(42)38-21-25-7-4-5-8-27(25)36/h4-14,22H,15-21,23H2,1-3H3,(H,38,42). The Morgan fingerprint density at radius 2 is 1.66 bits per heavy atom. The molecule has 6 nitrogen and oxygen atoms in total. The fourth-order valence-corrected chi connectivity index (χ4v) is 6.83. The summed E-state index contributed by atoms with van der Waals surface area (Å²) in [7, 11) is 0. The molecule has 0 atom stereocenters. The maximum atomic E-state index is 15.3. The molecule has 0 unspecified atom stereocenters. The molecule has 44 heavy (non-hydrogen) atoms. The number of rotatable bonds is 6. The van der Waals surface area contributed by atoms with Crippen LogP contribution in [0.2, 0.25) is 0 Å². The minimum Gasteiger partial charge on any atom is -0.482 e. The quantitative estimate of drug-likeness (QED) is 0.244. The predicted octanol–water partition coefficient (Wildman–Crippen LogP) is 7.48. The Labute approximate surface area is 261 Å². The third-order valence-corrected chi connectivity index (χ3v) is 9.75. The summed E-state index contributed by atoms with van der Waals surface area (Å²) in [6.45, 7) is 9.52. The fourth-order valence-electron chi connectivity index (χ4n) is 5.95. The van der Waals surface area contributed by atoms with Gasteiger partial charge in [-0.1, -0.05) is 80.6 Å². The van der Waals surface area contributed by atoms with Crippen molar-refractivity contribution < 1.29 is 18.3 Å². The molecule has 0 radical (unpaired) electrons. The molecule has 1 saturated heterocycles. The van der Waals surface area contributed by atoms with Gasteiger partial charge in [-0.2, -0.15) is 0 Å². The Hall–Kier alpha value is -3.98. The third-order valence-electron chi connectivity index (χ3n) is 8.70. The van der Waals surface area contributed by atoms with Crippen LogP contribution in [0.4, 0.5) is 19.6 Å². The molecule has 3 heterocycles. The zero-order valence-corrected chi connectivity index (χ0v) is 26.2. The molecule has 3 aromatic carbocycles. The van der Waals surface area contributed by atoms with Gasteiger partial charge in [0.15, 0.2) is 16.7 Å². The highest BCUT2D eigenvalue weighted by molar-refractivity contribution is 7.17. The topological polar surface area (TPSA) is 57.7 Å². The number of carbonyl (C=O) groups excluding carboxylic acids is 1. The van der Waals surface area contributed by atoms with Crippen molar-refractivity contribution in [1.82, 2.24) is 10.3 Å². The lowest BCUT2D eigenvalue weighted by Gasteiger charge is -2.41. The van der Waals surface area contributed by atoms with Crippen molar-refractivity contribution in [3.05, 3.63) is 106 Å². The van der Waals surface area contributed by atoms with Crippen LogP contribution in [0.25, 0.3) is 0 Å². The van der Waals surface area contributed by atoms with Crippen molar-refractivity contribution in [2.75, 3.05) is 29.4 Å². The van der Waals surface area contributed by atoms with Gasteiger partial charge in [0.05, 0.1) is 11.9 Å². The minimum absolute atomic E-state index is 0.0850. The number of ether oxygens (including phenoxy) is 1. The van der Waals surface area contributed by atoms with Crippen LogP contribution in [0.15, 0.2) is 72.9 Å². The lowest BCUT2D eigenvalue weighted by Crippen LogP contribution is -2.48. The van der Waals surface area contributed by atoms with Crippen LogP contribution in [-0.4, -0.2) is 36.1 Å². The molecule has 0 saturated carbocycles. The van der Waals surface area contributed by atoms with Crippen LogP contribution >= 0.6 is 11.3 Å². The average Bonchev–Trinajstić information content (AvgIpc) is 3.45. The number of aromatic nitrogens is 1. The van der Waals surface area contributed by atoms with Gasteiger partial charge >= 0.3 is 0 Å². The number of hydrogen-bond acceptors (Lipinski definition) is 6. The van der Waals surface area contributed by atoms with Gasteiger partial charge in [0, 0.05) is 57.5 Å². The van der Waals surface area contributed by atoms with E-state index < -0.39 is 5.60 Å². The molecular formula is C35H38F2N4O2S. The van der Waals surface area contributed by atoms with Gasteiger partial charge in [0.2, 0.25) is 0 Å². The van der Waals surface area contributed by atoms with E-state index in [9.17, 15) is 9.18 Å². The van der Waals surface area contributed by atoms with Crippen molar-refractivity contribution in [3.63, 3.8) is 0 Å². The lowest BCUT2D eigenvalue weighted by molar-refractivity contribution is 0.0375. The Kier molecular flexibility index (Phi) is 8.33. The molecule has 1 amide bonds. The number of benzene rings is 3. The molecule has 1 fully saturated rings. The monoisotopic (exact) mass is 616 g/mol. The first-order chi connectivity index (χ1) is 21.1. The summed E-state index contributed by atoms with van der Waals surface area (Å²) in [6, 6.07) is 20.3. The van der Waals surface area contributed by atoms with Crippen LogP contribution in [0.1, 0.15) is 66.4 Å². The zero-order valence-electron chi connectivity index (χ0n) is 25.4. The number of thiazole rings is 1. The first-order valence-corrected chi connectivity index (χ1v) is 16.0. The molecule has 2 aliphatic rings. The number of para-hydroxylation sites is 1. The summed E-state index contributed by atoms with van der Waals surface area (Å²) in [5.41, 5.74) is 3.28. The van der Waals surface area contributed by atoms with E-state index in [1.165, 1.54) is 34.6 Å². The zero-order chi connectivity index (χ0) is 30.9. The highest BCUT2D eigenvalue weighted by Gasteiger charge is 2.41. The number of piperidine rings is 1. The Morgan fingerprint density at radius 1 is 0.955 bits per heavy atom. The van der Waals surface area contributed by atoms with Gasteiger partial charge in [-0.05, 0) is 34.7 Å². The number of anilines is 2. The summed E-state index contributed by atoms with van der Waals surface area (Å²) in [5.74, 6) is -0.642. The molecule has 2 aliphatic heterocycles. The van der Waals surface area contributed by atoms with E-state index in [0.29, 0.717) is 48.7 Å². The van der Waals surface area contributed by atoms with E-state index in [2.05, 4.69) is 65.1 Å². The molecule has 230 valence electrons. The van der Waals surface area contributed by atoms with Crippen LogP contribution < -0.4 is 19.9 Å². The first-order valence-electron chi connectivity index (χ1n) is 15.1. The van der Waals surface area contributed by atoms with Gasteiger partial charge in [-0.25, -0.2) is 13.8 Å². The van der Waals surface area contributed by atoms with Gasteiger partial charge < -0.3 is 19.9 Å². The van der Waals surface area contributed by atoms with Crippen LogP contribution in [0, 0.1) is 11.6 Å². The van der Waals surface area contributed by atoms with Gasteiger partial charge in [0.1, 0.15) is 16.3 Å². The second-order valence-electron chi connectivity index (χ2n) is 12.8. The summed E-state index contributed by atoms with van der Waals surface area (Å²) in [5, 5.41) is 3.54. The van der Waals surface area contributed by atoms with E-state index in [4.69, 9.17) is 4.74 Å². The highest BCUT2D eigenvalue weighted by atomic mass is 32.1. The van der Waals surface area contributed by atoms with Crippen LogP contribution in [-0.2, 0) is 18.5 Å². The third kappa shape index (κ3) is 6.43. The lowest BCUT2D eigenvalue weighted by atomic mass is 9.86. The van der Waals surface area contributed by atoms with Gasteiger partial charge in [-0.3, -0.25) is 4.79 Å². The summed E-state index contributed by atoms with van der Waals surface area (Å²) in [6.07, 6.45) is 3.77. The highest BCUT2D eigenvalue weighted by Crippen LogP contribution is 2.43. The molecule has 6 rings (SSSR count). The van der Waals surface area contributed by atoms with Gasteiger partial charge in [0.25, 0.3) is 5.91 Å². The molecule has 1 spiro atoms. The summed E-state index contributed by atoms with van der Waals surface area (Å²) in [4.78, 5) is 22.1. The molecule has 0 bridgehead atoms. The van der Waals surface area contributed by atoms with E-state index >= 15 is 4.39 Å². The number of carbonyl (C=O) groups is 1. The largest absolute Gasteiger partial charge is 0.482 e. The minimum atomic E-state index is -0.491. The first kappa shape index (κ1) is 30.1. The van der Waals surface area contributed by atoms with Crippen molar-refractivity contribution >= 4 is 28.1 Å². The fraction of sp³-hybridized carbons (Fsp3) is 0.371. The van der Waals surface area contributed by atoms with Crippen molar-refractivity contribution in [2.45, 2.75) is 64.1 Å². The molecule has 1 N–H and O–H groups in total. The SMILES string of the molecule is CC(C)(C)c1ccc(CN2CCC3(CCN(c4ncc(C(=O)NCc5ccccc5F)s4)CC3)Oc3c(F)cccc32)cc1. The Morgan fingerprint density at radius 3 is 2.39 bits per heavy atom. The van der Waals surface area contributed by atoms with E-state index in [0.717, 1.165) is 23.8 Å². The number of nitrogens with one attached hydrogen (secondary N) is 1. The number of hydrogen-bond donors (Lipinski definition) is 1. The molecule has 0 aliphatic carbocycles. The molecule has 1 aromatic heterocycles. The van der Waals surface area contributed by atoms with Crippen molar-refractivity contribution in [2.24, 2.45) is 0 Å². The predicted molar refractivity (Wildman–Crippen MR) is 172 cm³/mol. The normalized spacial score (nSPS) is 16.3. The smallest absolute Gasteiger partial charge is 0.263 e. The van der Waals surface area contributed by atoms with E-state index in [-0.39, 0.29) is 29.5 Å². The Bertz CT molecular complexity index is 1620. The molecular weight excluding hydrogens is 578 g/mol. The van der Waals surface area contributed by atoms with Crippen LogP contribution in [0.3, 0.4) is 0 Å². The summed E-state index contributed by atoms with van der Waals surface area (Å²) < 4.78 is 35.8. The number of nitrogens with zero attached hydrogens (tertiary/aromatic N) is 3. The second kappa shape index (κ2) is 12.2. The van der Waals surface area contributed by atoms with Crippen molar-refractivity contribution in [1.29, 1.82) is 0 Å². The van der Waals surface area contributed by atoms with Crippen LogP contribution in [0.5, 0.6) is 5.75 Å². The van der Waals surface area contributed by atoms with Gasteiger partial charge in [-0.15, -0.1) is 0 Å². The van der Waals surface area contributed by atoms with E-state index in [1.807, 2.05) is 6.07 Å². The van der Waals surface area contributed by atoms with Crippen molar-refractivity contribution in [3.8, 4) is 5.75 Å². The number of halogens is 2. The maximum Gasteiger partial charge on any atom is 0.263 e. The maximum absolute atomic E-state index is 15.3. The average molecular weight is 617 g/mol. The molecule has 9 heteroatoms.